The molecule has 1 saturated carbocycles. The number of benzene rings is 1. The minimum Gasteiger partial charge on any atom is -0.383 e. The monoisotopic (exact) mass is 321 g/mol. The number of hydrogen-bond acceptors (Lipinski definition) is 2. The molecule has 1 atom stereocenters. The Morgan fingerprint density at radius 2 is 2.13 bits per heavy atom. The van der Waals surface area contributed by atoms with Crippen molar-refractivity contribution >= 4 is 5.96 Å². The molecule has 0 aromatic heterocycles. The van der Waals surface area contributed by atoms with Crippen molar-refractivity contribution in [3.05, 3.63) is 35.6 Å². The maximum Gasteiger partial charge on any atom is 0.188 e. The van der Waals surface area contributed by atoms with Gasteiger partial charge in [-0.25, -0.2) is 4.39 Å². The van der Waals surface area contributed by atoms with Gasteiger partial charge in [-0.2, -0.15) is 0 Å². The van der Waals surface area contributed by atoms with Crippen molar-refractivity contribution in [2.24, 2.45) is 10.7 Å². The highest BCUT2D eigenvalue weighted by atomic mass is 19.1. The number of nitrogens with one attached hydrogen (secondary N) is 1. The van der Waals surface area contributed by atoms with Crippen LogP contribution in [0.3, 0.4) is 0 Å². The Kier molecular flexibility index (Phi) is 6.39. The summed E-state index contributed by atoms with van der Waals surface area (Å²) in [7, 11) is 1.66. The minimum atomic E-state index is -0.184. The number of rotatable bonds is 6. The zero-order chi connectivity index (χ0) is 16.7. The number of nitrogens with zero attached hydrogens (tertiary/aromatic N) is 1. The highest BCUT2D eigenvalue weighted by molar-refractivity contribution is 5.78. The smallest absolute Gasteiger partial charge is 0.188 e. The molecule has 3 N–H and O–H groups in total. The molecule has 1 aliphatic carbocycles. The van der Waals surface area contributed by atoms with Crippen LogP contribution >= 0.6 is 0 Å². The molecule has 0 radical (unpaired) electrons. The van der Waals surface area contributed by atoms with E-state index in [4.69, 9.17) is 10.5 Å². The fourth-order valence-electron chi connectivity index (χ4n) is 3.41. The normalized spacial score (nSPS) is 19.3. The second-order valence-corrected chi connectivity index (χ2v) is 6.55. The molecule has 1 aliphatic rings. The van der Waals surface area contributed by atoms with E-state index < -0.39 is 0 Å². The fourth-order valence-corrected chi connectivity index (χ4v) is 3.41. The largest absolute Gasteiger partial charge is 0.383 e. The average molecular weight is 321 g/mol. The quantitative estimate of drug-likeness (QED) is 0.625. The summed E-state index contributed by atoms with van der Waals surface area (Å²) in [5, 5.41) is 3.13. The van der Waals surface area contributed by atoms with E-state index in [9.17, 15) is 4.39 Å². The molecule has 23 heavy (non-hydrogen) atoms. The summed E-state index contributed by atoms with van der Waals surface area (Å²) in [6, 6.07) is 7.05. The first kappa shape index (κ1) is 17.7. The lowest BCUT2D eigenvalue weighted by Crippen LogP contribution is -2.42. The van der Waals surface area contributed by atoms with Crippen LogP contribution in [0.4, 0.5) is 4.39 Å². The Bertz CT molecular complexity index is 527. The Hall–Kier alpha value is -1.62. The number of guanidine groups is 1. The summed E-state index contributed by atoms with van der Waals surface area (Å²) in [5.74, 6) is 0.243. The number of aliphatic imine (C=N–C) groups is 1. The van der Waals surface area contributed by atoms with Gasteiger partial charge in [-0.15, -0.1) is 0 Å². The molecule has 0 spiro atoms. The molecule has 5 heteroatoms. The van der Waals surface area contributed by atoms with Crippen molar-refractivity contribution in [1.82, 2.24) is 5.32 Å². The van der Waals surface area contributed by atoms with Crippen LogP contribution in [-0.4, -0.2) is 32.3 Å². The molecule has 2 rings (SSSR count). The van der Waals surface area contributed by atoms with Gasteiger partial charge < -0.3 is 15.8 Å². The van der Waals surface area contributed by atoms with Crippen LogP contribution in [0.2, 0.25) is 0 Å². The number of nitrogens with two attached hydrogens (primary N) is 1. The third-order valence-electron chi connectivity index (χ3n) is 4.61. The first-order valence-electron chi connectivity index (χ1n) is 8.37. The lowest BCUT2D eigenvalue weighted by atomic mass is 9.69. The summed E-state index contributed by atoms with van der Waals surface area (Å²) >= 11 is 0. The van der Waals surface area contributed by atoms with E-state index in [1.807, 2.05) is 13.0 Å². The van der Waals surface area contributed by atoms with Gasteiger partial charge in [0, 0.05) is 18.6 Å². The van der Waals surface area contributed by atoms with E-state index in [0.717, 1.165) is 31.2 Å². The highest BCUT2D eigenvalue weighted by Gasteiger charge is 2.34. The van der Waals surface area contributed by atoms with Crippen molar-refractivity contribution in [2.45, 2.75) is 50.5 Å². The molecule has 128 valence electrons. The average Bonchev–Trinajstić information content (AvgIpc) is 2.54. The lowest BCUT2D eigenvalue weighted by Gasteiger charge is -2.36. The first-order chi connectivity index (χ1) is 11.1. The molecule has 1 unspecified atom stereocenters. The molecule has 4 nitrogen and oxygen atoms in total. The Labute approximate surface area is 138 Å². The fraction of sp³-hybridized carbons (Fsp3) is 0.611. The van der Waals surface area contributed by atoms with E-state index in [0.29, 0.717) is 19.1 Å². The SMILES string of the molecule is COCC(C)NC(N)=NCC1(c2cccc(F)c2)CCCCC1. The van der Waals surface area contributed by atoms with Gasteiger partial charge in [0.05, 0.1) is 13.2 Å². The second kappa shape index (κ2) is 8.29. The van der Waals surface area contributed by atoms with Gasteiger partial charge in [-0.1, -0.05) is 31.4 Å². The van der Waals surface area contributed by atoms with Gasteiger partial charge in [0.2, 0.25) is 0 Å². The van der Waals surface area contributed by atoms with Crippen LogP contribution in [0.25, 0.3) is 0 Å². The Morgan fingerprint density at radius 3 is 2.78 bits per heavy atom. The molecule has 0 aliphatic heterocycles. The molecule has 1 aromatic carbocycles. The number of methoxy groups -OCH3 is 1. The van der Waals surface area contributed by atoms with Gasteiger partial charge in [0.25, 0.3) is 0 Å². The van der Waals surface area contributed by atoms with Crippen LogP contribution in [0.1, 0.15) is 44.6 Å². The van der Waals surface area contributed by atoms with Crippen LogP contribution in [-0.2, 0) is 10.2 Å². The third-order valence-corrected chi connectivity index (χ3v) is 4.61. The van der Waals surface area contributed by atoms with Gasteiger partial charge >= 0.3 is 0 Å². The van der Waals surface area contributed by atoms with Gasteiger partial charge in [-0.05, 0) is 37.5 Å². The van der Waals surface area contributed by atoms with Crippen LogP contribution < -0.4 is 11.1 Å². The molecule has 0 saturated heterocycles. The van der Waals surface area contributed by atoms with Crippen LogP contribution in [0.15, 0.2) is 29.3 Å². The van der Waals surface area contributed by atoms with E-state index in [2.05, 4.69) is 10.3 Å². The standard InChI is InChI=1S/C18H28FN3O/c1-14(12-23-2)22-17(20)21-13-18(9-4-3-5-10-18)15-7-6-8-16(19)11-15/h6-8,11,14H,3-5,9-10,12-13H2,1-2H3,(H3,20,21,22). The van der Waals surface area contributed by atoms with Gasteiger partial charge in [0.15, 0.2) is 5.96 Å². The maximum atomic E-state index is 13.7. The number of halogens is 1. The number of ether oxygens (including phenoxy) is 1. The van der Waals surface area contributed by atoms with E-state index in [1.165, 1.54) is 12.5 Å². The predicted octanol–water partition coefficient (Wildman–Crippen LogP) is 2.97. The first-order valence-corrected chi connectivity index (χ1v) is 8.37. The van der Waals surface area contributed by atoms with Gasteiger partial charge in [-0.3, -0.25) is 4.99 Å². The zero-order valence-electron chi connectivity index (χ0n) is 14.1. The molecular weight excluding hydrogens is 293 g/mol. The summed E-state index contributed by atoms with van der Waals surface area (Å²) in [6.45, 7) is 3.16. The van der Waals surface area contributed by atoms with Crippen molar-refractivity contribution in [3.63, 3.8) is 0 Å². The highest BCUT2D eigenvalue weighted by Crippen LogP contribution is 2.39. The summed E-state index contributed by atoms with van der Waals surface area (Å²) < 4.78 is 18.7. The van der Waals surface area contributed by atoms with E-state index >= 15 is 0 Å². The Balaban J connectivity index is 2.13. The topological polar surface area (TPSA) is 59.6 Å². The summed E-state index contributed by atoms with van der Waals surface area (Å²) in [4.78, 5) is 4.55. The van der Waals surface area contributed by atoms with Crippen molar-refractivity contribution in [2.75, 3.05) is 20.3 Å². The third kappa shape index (κ3) is 4.93. The van der Waals surface area contributed by atoms with Crippen molar-refractivity contribution in [1.29, 1.82) is 0 Å². The second-order valence-electron chi connectivity index (χ2n) is 6.55. The molecule has 0 heterocycles. The molecule has 1 aromatic rings. The molecular formula is C18H28FN3O. The van der Waals surface area contributed by atoms with Crippen LogP contribution in [0.5, 0.6) is 0 Å². The zero-order valence-corrected chi connectivity index (χ0v) is 14.1. The molecule has 1 fully saturated rings. The van der Waals surface area contributed by atoms with E-state index in [1.54, 1.807) is 19.2 Å². The predicted molar refractivity (Wildman–Crippen MR) is 92.1 cm³/mol. The minimum absolute atomic E-state index is 0.100. The van der Waals surface area contributed by atoms with Crippen molar-refractivity contribution in [3.8, 4) is 0 Å². The molecule has 0 amide bonds. The molecule has 0 bridgehead atoms. The lowest BCUT2D eigenvalue weighted by molar-refractivity contribution is 0.179. The van der Waals surface area contributed by atoms with Gasteiger partial charge in [0.1, 0.15) is 5.82 Å². The summed E-state index contributed by atoms with van der Waals surface area (Å²) in [5.41, 5.74) is 6.94. The summed E-state index contributed by atoms with van der Waals surface area (Å²) in [6.07, 6.45) is 5.60. The maximum absolute atomic E-state index is 13.7. The Morgan fingerprint density at radius 1 is 1.39 bits per heavy atom. The van der Waals surface area contributed by atoms with E-state index in [-0.39, 0.29) is 17.3 Å². The van der Waals surface area contributed by atoms with Crippen molar-refractivity contribution < 1.29 is 9.13 Å². The number of hydrogen-bond donors (Lipinski definition) is 2. The van der Waals surface area contributed by atoms with Crippen LogP contribution in [0, 0.1) is 5.82 Å².